The van der Waals surface area contributed by atoms with Crippen LogP contribution in [-0.2, 0) is 13.9 Å². The number of rotatable bonds is 9. The molecule has 180 valence electrons. The molecule has 0 saturated carbocycles. The van der Waals surface area contributed by atoms with E-state index in [4.69, 9.17) is 18.6 Å². The molecule has 0 aliphatic carbocycles. The average molecular weight is 461 g/mol. The summed E-state index contributed by atoms with van der Waals surface area (Å²) < 4.78 is 25.0. The monoisotopic (exact) mass is 460 g/mol. The summed E-state index contributed by atoms with van der Waals surface area (Å²) in [6.45, 7) is 22.7. The van der Waals surface area contributed by atoms with Gasteiger partial charge in [0.25, 0.3) is 0 Å². The molecule has 1 heterocycles. The Morgan fingerprint density at radius 3 is 2.31 bits per heavy atom. The number of benzene rings is 1. The number of hydrogen-bond acceptors (Lipinski definition) is 4. The van der Waals surface area contributed by atoms with Crippen molar-refractivity contribution in [3.05, 3.63) is 54.6 Å². The van der Waals surface area contributed by atoms with Crippen LogP contribution in [0.4, 0.5) is 0 Å². The van der Waals surface area contributed by atoms with E-state index in [1.54, 1.807) is 7.11 Å². The molecule has 0 spiro atoms. The third-order valence-corrected chi connectivity index (χ3v) is 11.6. The first-order valence-corrected chi connectivity index (χ1v) is 14.7. The standard InChI is InChI=1S/C27H44O4Si/c1-11-12-13-19(2)25(31-32(9,10)27(5,6)7)21(4)24-20(3)18-29-26(30-24)22-14-16-23(28-8)17-15-22/h11-17,19-21,24-26H,1,18H2,2-10H3/b13-12+/t19-,20-,21-,24+,25-,26+/m0/s1. The molecule has 1 aromatic carbocycles. The normalized spacial score (nSPS) is 25.3. The van der Waals surface area contributed by atoms with Crippen LogP contribution in [0.25, 0.3) is 0 Å². The summed E-state index contributed by atoms with van der Waals surface area (Å²) in [6.07, 6.45) is 5.76. The zero-order chi connectivity index (χ0) is 24.1. The van der Waals surface area contributed by atoms with Crippen molar-refractivity contribution in [2.45, 2.75) is 78.2 Å². The highest BCUT2D eigenvalue weighted by atomic mass is 28.4. The zero-order valence-corrected chi connectivity index (χ0v) is 22.6. The highest BCUT2D eigenvalue weighted by Crippen LogP contribution is 2.42. The maximum Gasteiger partial charge on any atom is 0.192 e. The van der Waals surface area contributed by atoms with Crippen LogP contribution in [0.3, 0.4) is 0 Å². The summed E-state index contributed by atoms with van der Waals surface area (Å²) in [5.74, 6) is 1.55. The first kappa shape index (κ1) is 26.8. The van der Waals surface area contributed by atoms with E-state index in [1.165, 1.54) is 0 Å². The minimum atomic E-state index is -1.97. The Hall–Kier alpha value is -1.40. The predicted octanol–water partition coefficient (Wildman–Crippen LogP) is 7.15. The summed E-state index contributed by atoms with van der Waals surface area (Å²) in [5, 5.41) is 0.140. The van der Waals surface area contributed by atoms with Gasteiger partial charge in [-0.1, -0.05) is 78.5 Å². The number of hydrogen-bond donors (Lipinski definition) is 0. The van der Waals surface area contributed by atoms with E-state index in [2.05, 4.69) is 67.3 Å². The molecule has 6 atom stereocenters. The van der Waals surface area contributed by atoms with Crippen molar-refractivity contribution in [1.82, 2.24) is 0 Å². The van der Waals surface area contributed by atoms with Gasteiger partial charge >= 0.3 is 0 Å². The fourth-order valence-corrected chi connectivity index (χ4v) is 5.45. The van der Waals surface area contributed by atoms with Gasteiger partial charge in [0.05, 0.1) is 25.9 Å². The summed E-state index contributed by atoms with van der Waals surface area (Å²) in [6, 6.07) is 7.93. The number of allylic oxidation sites excluding steroid dienone is 2. The molecule has 5 heteroatoms. The van der Waals surface area contributed by atoms with Gasteiger partial charge in [-0.25, -0.2) is 0 Å². The Morgan fingerprint density at radius 2 is 1.78 bits per heavy atom. The highest BCUT2D eigenvalue weighted by Gasteiger charge is 2.44. The molecule has 32 heavy (non-hydrogen) atoms. The van der Waals surface area contributed by atoms with Gasteiger partial charge in [0.2, 0.25) is 0 Å². The molecule has 4 nitrogen and oxygen atoms in total. The molecule has 0 radical (unpaired) electrons. The molecule has 1 aromatic rings. The largest absolute Gasteiger partial charge is 0.497 e. The van der Waals surface area contributed by atoms with Gasteiger partial charge in [-0.3, -0.25) is 0 Å². The Morgan fingerprint density at radius 1 is 1.16 bits per heavy atom. The molecule has 0 amide bonds. The van der Waals surface area contributed by atoms with E-state index in [1.807, 2.05) is 36.4 Å². The third kappa shape index (κ3) is 6.57. The topological polar surface area (TPSA) is 36.9 Å². The lowest BCUT2D eigenvalue weighted by Crippen LogP contribution is -2.51. The Bertz CT molecular complexity index is 750. The van der Waals surface area contributed by atoms with Crippen LogP contribution in [0.5, 0.6) is 5.75 Å². The van der Waals surface area contributed by atoms with E-state index in [0.717, 1.165) is 11.3 Å². The molecule has 1 aliphatic rings. The van der Waals surface area contributed by atoms with Gasteiger partial charge in [0, 0.05) is 17.4 Å². The Labute approximate surface area is 197 Å². The first-order valence-electron chi connectivity index (χ1n) is 11.8. The van der Waals surface area contributed by atoms with Crippen molar-refractivity contribution >= 4 is 8.32 Å². The molecule has 1 saturated heterocycles. The fraction of sp³-hybridized carbons (Fsp3) is 0.630. The lowest BCUT2D eigenvalue weighted by molar-refractivity contribution is -0.256. The van der Waals surface area contributed by atoms with Crippen LogP contribution >= 0.6 is 0 Å². The van der Waals surface area contributed by atoms with Crippen molar-refractivity contribution in [2.24, 2.45) is 17.8 Å². The number of ether oxygens (including phenoxy) is 3. The predicted molar refractivity (Wildman–Crippen MR) is 135 cm³/mol. The zero-order valence-electron chi connectivity index (χ0n) is 21.6. The lowest BCUT2D eigenvalue weighted by Gasteiger charge is -2.46. The second-order valence-electron chi connectivity index (χ2n) is 10.7. The third-order valence-electron chi connectivity index (χ3n) is 7.08. The molecule has 1 fully saturated rings. The molecule has 0 bridgehead atoms. The van der Waals surface area contributed by atoms with Gasteiger partial charge in [-0.2, -0.15) is 0 Å². The van der Waals surface area contributed by atoms with Crippen molar-refractivity contribution < 1.29 is 18.6 Å². The minimum absolute atomic E-state index is 0.0326. The smallest absolute Gasteiger partial charge is 0.192 e. The van der Waals surface area contributed by atoms with Crippen LogP contribution in [-0.4, -0.2) is 34.2 Å². The SMILES string of the molecule is C=C/C=C/[C@H](C)[C@H](O[Si](C)(C)C(C)(C)C)[C@@H](C)[C@@H]1O[C@H](c2ccc(OC)cc2)OC[C@@H]1C. The second kappa shape index (κ2) is 11.1. The maximum absolute atomic E-state index is 7.01. The molecule has 0 N–H and O–H groups in total. The van der Waals surface area contributed by atoms with Crippen LogP contribution in [0.1, 0.15) is 53.4 Å². The van der Waals surface area contributed by atoms with Crippen molar-refractivity contribution in [3.8, 4) is 5.75 Å². The quantitative estimate of drug-likeness (QED) is 0.290. The van der Waals surface area contributed by atoms with E-state index in [0.29, 0.717) is 6.61 Å². The van der Waals surface area contributed by atoms with Gasteiger partial charge in [-0.15, -0.1) is 0 Å². The molecule has 0 aromatic heterocycles. The number of methoxy groups -OCH3 is 1. The Balaban J connectivity index is 2.28. The van der Waals surface area contributed by atoms with E-state index in [-0.39, 0.29) is 41.3 Å². The average Bonchev–Trinajstić information content (AvgIpc) is 2.75. The molecule has 0 unspecified atom stereocenters. The van der Waals surface area contributed by atoms with Gasteiger partial charge in [0.1, 0.15) is 5.75 Å². The molecular weight excluding hydrogens is 416 g/mol. The second-order valence-corrected chi connectivity index (χ2v) is 15.5. The molecule has 2 rings (SSSR count). The first-order chi connectivity index (χ1) is 14.9. The molecule has 1 aliphatic heterocycles. The Kier molecular flexibility index (Phi) is 9.35. The highest BCUT2D eigenvalue weighted by molar-refractivity contribution is 6.74. The summed E-state index contributed by atoms with van der Waals surface area (Å²) in [4.78, 5) is 0. The van der Waals surface area contributed by atoms with Gasteiger partial charge < -0.3 is 18.6 Å². The fourth-order valence-electron chi connectivity index (χ4n) is 3.99. The van der Waals surface area contributed by atoms with Crippen molar-refractivity contribution in [1.29, 1.82) is 0 Å². The summed E-state index contributed by atoms with van der Waals surface area (Å²) in [5.41, 5.74) is 1.01. The maximum atomic E-state index is 7.01. The minimum Gasteiger partial charge on any atom is -0.497 e. The summed E-state index contributed by atoms with van der Waals surface area (Å²) >= 11 is 0. The van der Waals surface area contributed by atoms with Crippen LogP contribution in [0.2, 0.25) is 18.1 Å². The van der Waals surface area contributed by atoms with Crippen molar-refractivity contribution in [3.63, 3.8) is 0 Å². The molecular formula is C27H44O4Si. The lowest BCUT2D eigenvalue weighted by atomic mass is 9.83. The van der Waals surface area contributed by atoms with Crippen molar-refractivity contribution in [2.75, 3.05) is 13.7 Å². The van der Waals surface area contributed by atoms with E-state index in [9.17, 15) is 0 Å². The van der Waals surface area contributed by atoms with E-state index >= 15 is 0 Å². The van der Waals surface area contributed by atoms with E-state index < -0.39 is 8.32 Å². The van der Waals surface area contributed by atoms with Crippen LogP contribution in [0, 0.1) is 17.8 Å². The summed E-state index contributed by atoms with van der Waals surface area (Å²) in [7, 11) is -0.297. The van der Waals surface area contributed by atoms with Gasteiger partial charge in [-0.05, 0) is 36.2 Å². The van der Waals surface area contributed by atoms with Crippen LogP contribution < -0.4 is 4.74 Å². The van der Waals surface area contributed by atoms with Gasteiger partial charge in [0.15, 0.2) is 14.6 Å². The van der Waals surface area contributed by atoms with Crippen LogP contribution in [0.15, 0.2) is 49.1 Å².